The molecule has 1 rings (SSSR count). The molecule has 0 saturated heterocycles. The van der Waals surface area contributed by atoms with Crippen LogP contribution in [0.3, 0.4) is 0 Å². The summed E-state index contributed by atoms with van der Waals surface area (Å²) in [5.41, 5.74) is -1.58. The van der Waals surface area contributed by atoms with Gasteiger partial charge in [0.25, 0.3) is 0 Å². The number of thioether (sulfide) groups is 1. The van der Waals surface area contributed by atoms with Gasteiger partial charge < -0.3 is 0 Å². The summed E-state index contributed by atoms with van der Waals surface area (Å²) in [5.74, 6) is -1.72. The van der Waals surface area contributed by atoms with Crippen molar-refractivity contribution in [3.8, 4) is 0 Å². The van der Waals surface area contributed by atoms with E-state index >= 15 is 0 Å². The van der Waals surface area contributed by atoms with Gasteiger partial charge in [-0.1, -0.05) is 0 Å². The van der Waals surface area contributed by atoms with E-state index in [2.05, 4.69) is 25.8 Å². The number of rotatable bonds is 5. The average Bonchev–Trinajstić information content (AvgIpc) is 2.39. The Morgan fingerprint density at radius 1 is 1.52 bits per heavy atom. The zero-order valence-corrected chi connectivity index (χ0v) is 13.4. The summed E-state index contributed by atoms with van der Waals surface area (Å²) in [6.45, 7) is 0. The van der Waals surface area contributed by atoms with Crippen LogP contribution in [0, 0.1) is 5.82 Å². The summed E-state index contributed by atoms with van der Waals surface area (Å²) in [4.78, 5) is 18.9. The summed E-state index contributed by atoms with van der Waals surface area (Å²) in [7, 11) is 2.71. The first-order valence-corrected chi connectivity index (χ1v) is 7.31. The predicted octanol–water partition coefficient (Wildman–Crippen LogP) is 3.50. The van der Waals surface area contributed by atoms with Gasteiger partial charge in [-0.2, -0.15) is 13.2 Å². The van der Waals surface area contributed by atoms with Crippen molar-refractivity contribution in [3.63, 3.8) is 0 Å². The molecule has 0 aliphatic carbocycles. The van der Waals surface area contributed by atoms with Crippen LogP contribution in [-0.2, 0) is 15.8 Å². The molecule has 0 radical (unpaired) electrons. The molecule has 1 heterocycles. The second kappa shape index (κ2) is 7.41. The van der Waals surface area contributed by atoms with E-state index in [0.717, 1.165) is 23.0 Å². The van der Waals surface area contributed by atoms with E-state index < -0.39 is 17.7 Å². The number of halogens is 5. The Bertz CT molecular complexity index is 528. The van der Waals surface area contributed by atoms with Gasteiger partial charge in [0, 0.05) is 25.4 Å². The van der Waals surface area contributed by atoms with Crippen LogP contribution in [0.5, 0.6) is 0 Å². The molecule has 0 spiro atoms. The first-order valence-electron chi connectivity index (χ1n) is 5.53. The Hall–Kier alpha value is -0.870. The van der Waals surface area contributed by atoms with Gasteiger partial charge in [0.2, 0.25) is 5.91 Å². The van der Waals surface area contributed by atoms with E-state index in [4.69, 9.17) is 0 Å². The van der Waals surface area contributed by atoms with Gasteiger partial charge in [-0.05, 0) is 15.9 Å². The fourth-order valence-electron chi connectivity index (χ4n) is 1.28. The highest BCUT2D eigenvalue weighted by atomic mass is 79.9. The number of alkyl halides is 3. The molecule has 0 fully saturated rings. The molecule has 0 aliphatic heterocycles. The Kier molecular flexibility index (Phi) is 6.41. The maximum Gasteiger partial charge on any atom is 0.436 e. The minimum atomic E-state index is -4.87. The van der Waals surface area contributed by atoms with Crippen molar-refractivity contribution in [3.05, 3.63) is 22.2 Å². The maximum absolute atomic E-state index is 13.8. The van der Waals surface area contributed by atoms with Crippen LogP contribution in [0.25, 0.3) is 0 Å². The van der Waals surface area contributed by atoms with Gasteiger partial charge >= 0.3 is 6.18 Å². The molecule has 4 nitrogen and oxygen atoms in total. The largest absolute Gasteiger partial charge is 0.436 e. The van der Waals surface area contributed by atoms with Crippen molar-refractivity contribution < 1.29 is 27.2 Å². The number of hydroxylamine groups is 2. The minimum Gasteiger partial charge on any atom is -0.275 e. The fourth-order valence-corrected chi connectivity index (χ4v) is 2.79. The summed E-state index contributed by atoms with van der Waals surface area (Å²) in [6.07, 6.45) is -3.99. The van der Waals surface area contributed by atoms with E-state index in [1.54, 1.807) is 0 Å². The molecule has 0 N–H and O–H groups in total. The molecule has 0 aromatic carbocycles. The fraction of sp³-hybridized carbons (Fsp3) is 0.455. The molecule has 0 atom stereocenters. The van der Waals surface area contributed by atoms with Crippen LogP contribution < -0.4 is 0 Å². The van der Waals surface area contributed by atoms with E-state index in [1.165, 1.54) is 14.2 Å². The number of pyridine rings is 1. The normalized spacial score (nSPS) is 11.6. The van der Waals surface area contributed by atoms with Crippen LogP contribution in [0.4, 0.5) is 17.6 Å². The highest BCUT2D eigenvalue weighted by Gasteiger charge is 2.37. The second-order valence-electron chi connectivity index (χ2n) is 3.77. The summed E-state index contributed by atoms with van der Waals surface area (Å²) in [6, 6.07) is 0. The molecule has 1 aromatic heterocycles. The van der Waals surface area contributed by atoms with Crippen molar-refractivity contribution in [2.45, 2.75) is 17.5 Å². The third-order valence-electron chi connectivity index (χ3n) is 2.39. The smallest absolute Gasteiger partial charge is 0.275 e. The van der Waals surface area contributed by atoms with Crippen molar-refractivity contribution in [1.29, 1.82) is 0 Å². The number of aromatic nitrogens is 1. The quantitative estimate of drug-likeness (QED) is 0.438. The highest BCUT2D eigenvalue weighted by Crippen LogP contribution is 2.37. The molecule has 10 heteroatoms. The third-order valence-corrected chi connectivity index (χ3v) is 4.35. The van der Waals surface area contributed by atoms with Crippen molar-refractivity contribution in [2.24, 2.45) is 0 Å². The molecule has 0 saturated carbocycles. The molecule has 118 valence electrons. The molecule has 0 aliphatic rings. The van der Waals surface area contributed by atoms with E-state index in [-0.39, 0.29) is 27.4 Å². The molecule has 0 unspecified atom stereocenters. The molecular formula is C11H11BrF4N2O2S. The van der Waals surface area contributed by atoms with Crippen LogP contribution >= 0.6 is 27.7 Å². The van der Waals surface area contributed by atoms with Gasteiger partial charge in [-0.15, -0.1) is 11.8 Å². The zero-order valence-electron chi connectivity index (χ0n) is 11.0. The predicted molar refractivity (Wildman–Crippen MR) is 72.0 cm³/mol. The van der Waals surface area contributed by atoms with Crippen LogP contribution in [0.2, 0.25) is 0 Å². The van der Waals surface area contributed by atoms with E-state index in [0.29, 0.717) is 0 Å². The molecule has 1 aromatic rings. The first kappa shape index (κ1) is 18.2. The third kappa shape index (κ3) is 4.82. The minimum absolute atomic E-state index is 0.00936. The van der Waals surface area contributed by atoms with Gasteiger partial charge in [0.15, 0.2) is 11.5 Å². The summed E-state index contributed by atoms with van der Waals surface area (Å²) in [5, 5.41) is 0.986. The molecule has 0 bridgehead atoms. The SMILES string of the molecule is CON(C)C(=O)CCSc1c(Br)cnc(C(F)(F)F)c1F. The molecular weight excluding hydrogens is 380 g/mol. The van der Waals surface area contributed by atoms with Gasteiger partial charge in [-0.25, -0.2) is 14.4 Å². The van der Waals surface area contributed by atoms with Crippen molar-refractivity contribution in [2.75, 3.05) is 19.9 Å². The Morgan fingerprint density at radius 3 is 2.67 bits per heavy atom. The number of carbonyl (C=O) groups is 1. The van der Waals surface area contributed by atoms with Crippen LogP contribution in [-0.4, -0.2) is 35.9 Å². The maximum atomic E-state index is 13.8. The standard InChI is InChI=1S/C11H11BrF4N2O2S/c1-18(20-2)7(19)3-4-21-9-6(12)5-17-10(8(9)13)11(14,15)16/h5H,3-4H2,1-2H3. The topological polar surface area (TPSA) is 42.4 Å². The first-order chi connectivity index (χ1) is 9.68. The second-order valence-corrected chi connectivity index (χ2v) is 5.73. The Balaban J connectivity index is 2.82. The van der Waals surface area contributed by atoms with Gasteiger partial charge in [0.1, 0.15) is 0 Å². The van der Waals surface area contributed by atoms with E-state index in [1.807, 2.05) is 0 Å². The van der Waals surface area contributed by atoms with Gasteiger partial charge in [0.05, 0.1) is 16.5 Å². The number of nitrogens with zero attached hydrogens (tertiary/aromatic N) is 2. The number of carbonyl (C=O) groups excluding carboxylic acids is 1. The zero-order chi connectivity index (χ0) is 16.2. The average molecular weight is 391 g/mol. The monoisotopic (exact) mass is 390 g/mol. The number of hydrogen-bond acceptors (Lipinski definition) is 4. The molecule has 1 amide bonds. The lowest BCUT2D eigenvalue weighted by molar-refractivity contribution is -0.168. The lowest BCUT2D eigenvalue weighted by Crippen LogP contribution is -2.25. The lowest BCUT2D eigenvalue weighted by atomic mass is 10.3. The Morgan fingerprint density at radius 2 is 2.14 bits per heavy atom. The highest BCUT2D eigenvalue weighted by molar-refractivity contribution is 9.10. The van der Waals surface area contributed by atoms with E-state index in [9.17, 15) is 22.4 Å². The summed E-state index contributed by atoms with van der Waals surface area (Å²) >= 11 is 3.74. The molecule has 21 heavy (non-hydrogen) atoms. The van der Waals surface area contributed by atoms with Gasteiger partial charge in [-0.3, -0.25) is 9.63 Å². The number of hydrogen-bond donors (Lipinski definition) is 0. The number of amides is 1. The van der Waals surface area contributed by atoms with Crippen LogP contribution in [0.15, 0.2) is 15.6 Å². The van der Waals surface area contributed by atoms with Crippen molar-refractivity contribution in [1.82, 2.24) is 10.0 Å². The van der Waals surface area contributed by atoms with Crippen LogP contribution in [0.1, 0.15) is 12.1 Å². The van der Waals surface area contributed by atoms with Crippen molar-refractivity contribution >= 4 is 33.6 Å². The lowest BCUT2D eigenvalue weighted by Gasteiger charge is -2.14. The summed E-state index contributed by atoms with van der Waals surface area (Å²) < 4.78 is 51.6. The Labute approximate surface area is 130 Å².